The Balaban J connectivity index is 2.99. The molecule has 1 N–H and O–H groups in total. The lowest BCUT2D eigenvalue weighted by Gasteiger charge is -2.26. The topological polar surface area (TPSA) is 46.5 Å². The van der Waals surface area contributed by atoms with Crippen LogP contribution in [0.5, 0.6) is 0 Å². The molecule has 1 aliphatic rings. The molecule has 0 heterocycles. The number of hydrogen-bond donors (Lipinski definition) is 1. The van der Waals surface area contributed by atoms with Gasteiger partial charge in [0.05, 0.1) is 18.3 Å². The Kier molecular flexibility index (Phi) is 3.74. The van der Waals surface area contributed by atoms with Crippen molar-refractivity contribution in [2.24, 2.45) is 5.92 Å². The second-order valence-electron chi connectivity index (χ2n) is 3.24. The smallest absolute Gasteiger partial charge is 0.398 e. The van der Waals surface area contributed by atoms with Gasteiger partial charge in [0.25, 0.3) is 0 Å². The fourth-order valence-corrected chi connectivity index (χ4v) is 1.45. The number of hydrogen-bond acceptors (Lipinski definition) is 3. The summed E-state index contributed by atoms with van der Waals surface area (Å²) in [5.41, 5.74) is -0.565. The van der Waals surface area contributed by atoms with E-state index in [1.54, 1.807) is 0 Å². The molecular formula is C10H11F3O3. The van der Waals surface area contributed by atoms with Crippen LogP contribution in [0, 0.1) is 5.92 Å². The molecule has 0 fully saturated rings. The summed E-state index contributed by atoms with van der Waals surface area (Å²) < 4.78 is 42.3. The molecule has 0 aromatic carbocycles. The normalized spacial score (nSPS) is 25.2. The summed E-state index contributed by atoms with van der Waals surface area (Å²) in [5.74, 6) is -3.26. The molecule has 0 aliphatic heterocycles. The summed E-state index contributed by atoms with van der Waals surface area (Å²) in [7, 11) is 0. The van der Waals surface area contributed by atoms with Crippen LogP contribution in [0.1, 0.15) is 6.92 Å². The third-order valence-corrected chi connectivity index (χ3v) is 2.12. The molecule has 16 heavy (non-hydrogen) atoms. The lowest BCUT2D eigenvalue weighted by molar-refractivity contribution is -0.186. The molecule has 0 spiro atoms. The van der Waals surface area contributed by atoms with E-state index in [1.165, 1.54) is 13.0 Å². The van der Waals surface area contributed by atoms with Gasteiger partial charge >= 0.3 is 12.1 Å². The number of ether oxygens (including phenoxy) is 1. The second-order valence-corrected chi connectivity index (χ2v) is 3.24. The molecule has 0 radical (unpaired) electrons. The van der Waals surface area contributed by atoms with Crippen LogP contribution in [-0.2, 0) is 9.53 Å². The van der Waals surface area contributed by atoms with Gasteiger partial charge in [0.15, 0.2) is 0 Å². The van der Waals surface area contributed by atoms with Gasteiger partial charge in [-0.2, -0.15) is 13.2 Å². The van der Waals surface area contributed by atoms with E-state index in [0.717, 1.165) is 12.2 Å². The Labute approximate surface area is 90.2 Å². The number of esters is 1. The Morgan fingerprint density at radius 1 is 1.56 bits per heavy atom. The third-order valence-electron chi connectivity index (χ3n) is 2.12. The highest BCUT2D eigenvalue weighted by Gasteiger charge is 2.48. The number of halogens is 3. The van der Waals surface area contributed by atoms with Gasteiger partial charge < -0.3 is 9.84 Å². The molecule has 90 valence electrons. The largest absolute Gasteiger partial charge is 0.463 e. The molecule has 0 amide bonds. The molecule has 0 aromatic heterocycles. The molecule has 1 rings (SSSR count). The SMILES string of the molecule is CCOC(=O)C1=CC=CC(O)C1C(F)(F)F. The van der Waals surface area contributed by atoms with Crippen molar-refractivity contribution in [1.29, 1.82) is 0 Å². The van der Waals surface area contributed by atoms with Gasteiger partial charge in [-0.15, -0.1) is 0 Å². The maximum atomic E-state index is 12.6. The van der Waals surface area contributed by atoms with Gasteiger partial charge in [-0.3, -0.25) is 0 Å². The van der Waals surface area contributed by atoms with Crippen molar-refractivity contribution in [3.63, 3.8) is 0 Å². The van der Waals surface area contributed by atoms with Gasteiger partial charge in [0, 0.05) is 0 Å². The molecule has 0 aromatic rings. The van der Waals surface area contributed by atoms with Gasteiger partial charge in [-0.1, -0.05) is 18.2 Å². The summed E-state index contributed by atoms with van der Waals surface area (Å²) in [6.45, 7) is 1.48. The second kappa shape index (κ2) is 4.69. The Hall–Kier alpha value is -1.30. The van der Waals surface area contributed by atoms with Gasteiger partial charge in [0.2, 0.25) is 0 Å². The first kappa shape index (κ1) is 12.8. The molecule has 6 heteroatoms. The molecule has 0 bridgehead atoms. The minimum atomic E-state index is -4.68. The fourth-order valence-electron chi connectivity index (χ4n) is 1.45. The summed E-state index contributed by atoms with van der Waals surface area (Å²) in [5, 5.41) is 9.24. The van der Waals surface area contributed by atoms with E-state index < -0.39 is 29.7 Å². The lowest BCUT2D eigenvalue weighted by Crippen LogP contribution is -2.38. The number of carbonyl (C=O) groups excluding carboxylic acids is 1. The monoisotopic (exact) mass is 236 g/mol. The van der Waals surface area contributed by atoms with Crippen molar-refractivity contribution in [2.45, 2.75) is 19.2 Å². The van der Waals surface area contributed by atoms with Crippen LogP contribution in [0.15, 0.2) is 23.8 Å². The predicted molar refractivity (Wildman–Crippen MR) is 49.4 cm³/mol. The number of rotatable bonds is 2. The van der Waals surface area contributed by atoms with Crippen LogP contribution in [0.3, 0.4) is 0 Å². The van der Waals surface area contributed by atoms with E-state index in [2.05, 4.69) is 4.74 Å². The zero-order valence-corrected chi connectivity index (χ0v) is 8.49. The third kappa shape index (κ3) is 2.63. The standard InChI is InChI=1S/C10H11F3O3/c1-2-16-9(15)6-4-3-5-7(14)8(6)10(11,12)13/h3-5,7-8,14H,2H2,1H3. The minimum absolute atomic E-state index is 0.0133. The van der Waals surface area contributed by atoms with Crippen molar-refractivity contribution in [2.75, 3.05) is 6.61 Å². The lowest BCUT2D eigenvalue weighted by atomic mass is 9.88. The van der Waals surface area contributed by atoms with Crippen LogP contribution < -0.4 is 0 Å². The molecule has 2 unspecified atom stereocenters. The van der Waals surface area contributed by atoms with Crippen LogP contribution in [0.2, 0.25) is 0 Å². The predicted octanol–water partition coefficient (Wildman–Crippen LogP) is 1.59. The quantitative estimate of drug-likeness (QED) is 0.740. The highest BCUT2D eigenvalue weighted by molar-refractivity contribution is 5.90. The average molecular weight is 236 g/mol. The number of aliphatic hydroxyl groups excluding tert-OH is 1. The van der Waals surface area contributed by atoms with Crippen LogP contribution in [0.25, 0.3) is 0 Å². The molecule has 0 saturated carbocycles. The average Bonchev–Trinajstić information content (AvgIpc) is 2.15. The Bertz CT molecular complexity index is 331. The molecule has 1 aliphatic carbocycles. The van der Waals surface area contributed by atoms with Gasteiger partial charge in [-0.05, 0) is 6.92 Å². The van der Waals surface area contributed by atoms with Crippen molar-refractivity contribution in [3.8, 4) is 0 Å². The highest BCUT2D eigenvalue weighted by Crippen LogP contribution is 2.37. The van der Waals surface area contributed by atoms with E-state index in [0.29, 0.717) is 0 Å². The maximum absolute atomic E-state index is 12.6. The van der Waals surface area contributed by atoms with E-state index in [1.807, 2.05) is 0 Å². The highest BCUT2D eigenvalue weighted by atomic mass is 19.4. The summed E-state index contributed by atoms with van der Waals surface area (Å²) in [6, 6.07) is 0. The molecular weight excluding hydrogens is 225 g/mol. The van der Waals surface area contributed by atoms with Crippen LogP contribution in [0.4, 0.5) is 13.2 Å². The van der Waals surface area contributed by atoms with Gasteiger partial charge in [-0.25, -0.2) is 4.79 Å². The van der Waals surface area contributed by atoms with Crippen molar-refractivity contribution < 1.29 is 27.8 Å². The number of aliphatic hydroxyl groups is 1. The maximum Gasteiger partial charge on any atom is 0.398 e. The molecule has 3 nitrogen and oxygen atoms in total. The fraction of sp³-hybridized carbons (Fsp3) is 0.500. The van der Waals surface area contributed by atoms with Crippen LogP contribution >= 0.6 is 0 Å². The van der Waals surface area contributed by atoms with Gasteiger partial charge in [0.1, 0.15) is 5.92 Å². The summed E-state index contributed by atoms with van der Waals surface area (Å²) >= 11 is 0. The van der Waals surface area contributed by atoms with Crippen molar-refractivity contribution in [1.82, 2.24) is 0 Å². The number of alkyl halides is 3. The number of allylic oxidation sites excluding steroid dienone is 2. The first-order valence-corrected chi connectivity index (χ1v) is 4.68. The zero-order valence-electron chi connectivity index (χ0n) is 8.49. The summed E-state index contributed by atoms with van der Waals surface area (Å²) in [6.07, 6.45) is -3.21. The van der Waals surface area contributed by atoms with E-state index in [4.69, 9.17) is 0 Å². The first-order chi connectivity index (χ1) is 7.38. The Morgan fingerprint density at radius 3 is 2.69 bits per heavy atom. The summed E-state index contributed by atoms with van der Waals surface area (Å²) in [4.78, 5) is 11.3. The van der Waals surface area contributed by atoms with Crippen LogP contribution in [-0.4, -0.2) is 30.0 Å². The first-order valence-electron chi connectivity index (χ1n) is 4.68. The van der Waals surface area contributed by atoms with E-state index in [9.17, 15) is 23.1 Å². The van der Waals surface area contributed by atoms with Crippen molar-refractivity contribution in [3.05, 3.63) is 23.8 Å². The van der Waals surface area contributed by atoms with E-state index >= 15 is 0 Å². The molecule has 2 atom stereocenters. The van der Waals surface area contributed by atoms with E-state index in [-0.39, 0.29) is 6.61 Å². The van der Waals surface area contributed by atoms with Crippen molar-refractivity contribution >= 4 is 5.97 Å². The molecule has 0 saturated heterocycles. The number of carbonyl (C=O) groups is 1. The Morgan fingerprint density at radius 2 is 2.19 bits per heavy atom. The minimum Gasteiger partial charge on any atom is -0.463 e. The zero-order chi connectivity index (χ0) is 12.3.